The van der Waals surface area contributed by atoms with Crippen molar-refractivity contribution >= 4 is 22.9 Å². The number of hydrogen-bond acceptors (Lipinski definition) is 4. The van der Waals surface area contributed by atoms with E-state index in [1.54, 1.807) is 30.7 Å². The van der Waals surface area contributed by atoms with E-state index in [1.165, 1.54) is 11.3 Å². The first-order chi connectivity index (χ1) is 12.6. The average molecular weight is 375 g/mol. The van der Waals surface area contributed by atoms with Crippen LogP contribution >= 0.6 is 11.3 Å². The lowest BCUT2D eigenvalue weighted by Gasteiger charge is -2.09. The van der Waals surface area contributed by atoms with E-state index in [1.807, 2.05) is 12.1 Å². The summed E-state index contributed by atoms with van der Waals surface area (Å²) in [6.07, 6.45) is 0. The SMILES string of the molecule is COc1ccccc1OCc1csc(C(=O)Nc2cc(F)ccc2F)c1. The number of methoxy groups -OCH3 is 1. The van der Waals surface area contributed by atoms with Gasteiger partial charge in [0.2, 0.25) is 0 Å². The largest absolute Gasteiger partial charge is 0.493 e. The Balaban J connectivity index is 1.65. The lowest BCUT2D eigenvalue weighted by molar-refractivity contribution is 0.103. The second-order valence-electron chi connectivity index (χ2n) is 5.34. The summed E-state index contributed by atoms with van der Waals surface area (Å²) in [6.45, 7) is 0.248. The third kappa shape index (κ3) is 4.18. The molecular weight excluding hydrogens is 360 g/mol. The maximum Gasteiger partial charge on any atom is 0.265 e. The van der Waals surface area contributed by atoms with E-state index in [9.17, 15) is 13.6 Å². The van der Waals surface area contributed by atoms with E-state index in [0.717, 1.165) is 23.8 Å². The molecule has 4 nitrogen and oxygen atoms in total. The van der Waals surface area contributed by atoms with E-state index in [0.29, 0.717) is 16.4 Å². The minimum atomic E-state index is -0.698. The number of ether oxygens (including phenoxy) is 2. The number of para-hydroxylation sites is 2. The van der Waals surface area contributed by atoms with Gasteiger partial charge in [0.1, 0.15) is 18.2 Å². The van der Waals surface area contributed by atoms with Crippen LogP contribution in [0.4, 0.5) is 14.5 Å². The molecule has 7 heteroatoms. The molecule has 0 fully saturated rings. The molecule has 1 aromatic heterocycles. The Morgan fingerprint density at radius 2 is 1.88 bits per heavy atom. The summed E-state index contributed by atoms with van der Waals surface area (Å²) < 4.78 is 37.7. The zero-order valence-electron chi connectivity index (χ0n) is 13.8. The molecule has 0 atom stereocenters. The molecule has 0 aliphatic rings. The number of nitrogens with one attached hydrogen (secondary N) is 1. The van der Waals surface area contributed by atoms with Gasteiger partial charge < -0.3 is 14.8 Å². The minimum absolute atomic E-state index is 0.199. The summed E-state index contributed by atoms with van der Waals surface area (Å²) in [5, 5.41) is 4.14. The third-order valence-corrected chi connectivity index (χ3v) is 4.50. The molecular formula is C19H15F2NO3S. The molecule has 3 rings (SSSR count). The van der Waals surface area contributed by atoms with Gasteiger partial charge in [0.25, 0.3) is 5.91 Å². The summed E-state index contributed by atoms with van der Waals surface area (Å²) in [4.78, 5) is 12.6. The van der Waals surface area contributed by atoms with E-state index in [2.05, 4.69) is 5.32 Å². The first-order valence-corrected chi connectivity index (χ1v) is 8.54. The Morgan fingerprint density at radius 3 is 2.65 bits per heavy atom. The summed E-state index contributed by atoms with van der Waals surface area (Å²) in [5.74, 6) is -0.630. The quantitative estimate of drug-likeness (QED) is 0.669. The van der Waals surface area contributed by atoms with Crippen molar-refractivity contribution in [2.75, 3.05) is 12.4 Å². The van der Waals surface area contributed by atoms with Crippen LogP contribution in [0.2, 0.25) is 0 Å². The predicted molar refractivity (Wildman–Crippen MR) is 96.0 cm³/mol. The molecule has 1 heterocycles. The molecule has 1 N–H and O–H groups in total. The molecule has 0 bridgehead atoms. The van der Waals surface area contributed by atoms with Crippen LogP contribution in [0.15, 0.2) is 53.9 Å². The standard InChI is InChI=1S/C19H15F2NO3S/c1-24-16-4-2-3-5-17(16)25-10-12-8-18(26-11-12)19(23)22-15-9-13(20)6-7-14(15)21/h2-9,11H,10H2,1H3,(H,22,23). The lowest BCUT2D eigenvalue weighted by atomic mass is 10.2. The summed E-state index contributed by atoms with van der Waals surface area (Å²) in [7, 11) is 1.56. The van der Waals surface area contributed by atoms with Crippen LogP contribution in [0.1, 0.15) is 15.2 Å². The monoisotopic (exact) mass is 375 g/mol. The summed E-state index contributed by atoms with van der Waals surface area (Å²) in [5.41, 5.74) is 0.584. The highest BCUT2D eigenvalue weighted by Crippen LogP contribution is 2.27. The number of carbonyl (C=O) groups excluding carboxylic acids is 1. The fraction of sp³-hybridized carbons (Fsp3) is 0.105. The van der Waals surface area contributed by atoms with Gasteiger partial charge >= 0.3 is 0 Å². The number of hydrogen-bond donors (Lipinski definition) is 1. The van der Waals surface area contributed by atoms with Gasteiger partial charge in [-0.3, -0.25) is 4.79 Å². The van der Waals surface area contributed by atoms with E-state index >= 15 is 0 Å². The topological polar surface area (TPSA) is 47.6 Å². The van der Waals surface area contributed by atoms with Gasteiger partial charge in [-0.05, 0) is 35.7 Å². The molecule has 1 amide bonds. The Labute approximate surface area is 153 Å². The second-order valence-corrected chi connectivity index (χ2v) is 6.25. The van der Waals surface area contributed by atoms with Crippen LogP contribution in [0.5, 0.6) is 11.5 Å². The lowest BCUT2D eigenvalue weighted by Crippen LogP contribution is -2.11. The Morgan fingerprint density at radius 1 is 1.12 bits per heavy atom. The number of anilines is 1. The predicted octanol–water partition coefficient (Wildman–Crippen LogP) is 4.87. The maximum atomic E-state index is 13.6. The van der Waals surface area contributed by atoms with Crippen LogP contribution in [0, 0.1) is 11.6 Å². The number of rotatable bonds is 6. The van der Waals surface area contributed by atoms with Crippen molar-refractivity contribution in [3.05, 3.63) is 76.0 Å². The van der Waals surface area contributed by atoms with Crippen LogP contribution < -0.4 is 14.8 Å². The molecule has 0 aliphatic carbocycles. The van der Waals surface area contributed by atoms with Crippen LogP contribution in [-0.2, 0) is 6.61 Å². The maximum absolute atomic E-state index is 13.6. The second kappa shape index (κ2) is 7.97. The minimum Gasteiger partial charge on any atom is -0.493 e. The zero-order valence-corrected chi connectivity index (χ0v) is 14.6. The van der Waals surface area contributed by atoms with Gasteiger partial charge in [0.15, 0.2) is 11.5 Å². The van der Waals surface area contributed by atoms with Crippen LogP contribution in [-0.4, -0.2) is 13.0 Å². The highest BCUT2D eigenvalue weighted by Gasteiger charge is 2.13. The summed E-state index contributed by atoms with van der Waals surface area (Å²) >= 11 is 1.19. The van der Waals surface area contributed by atoms with Crippen molar-refractivity contribution in [2.24, 2.45) is 0 Å². The number of benzene rings is 2. The zero-order chi connectivity index (χ0) is 18.5. The van der Waals surface area contributed by atoms with Crippen molar-refractivity contribution in [3.8, 4) is 11.5 Å². The van der Waals surface area contributed by atoms with Gasteiger partial charge in [0, 0.05) is 11.6 Å². The molecule has 2 aromatic carbocycles. The third-order valence-electron chi connectivity index (χ3n) is 3.52. The molecule has 134 valence electrons. The highest BCUT2D eigenvalue weighted by molar-refractivity contribution is 7.12. The van der Waals surface area contributed by atoms with Crippen molar-refractivity contribution < 1.29 is 23.0 Å². The normalized spacial score (nSPS) is 10.4. The smallest absolute Gasteiger partial charge is 0.265 e. The van der Waals surface area contributed by atoms with Crippen LogP contribution in [0.3, 0.4) is 0 Å². The molecule has 0 saturated carbocycles. The summed E-state index contributed by atoms with van der Waals surface area (Å²) in [6, 6.07) is 11.8. The first-order valence-electron chi connectivity index (χ1n) is 7.66. The van der Waals surface area contributed by atoms with E-state index in [-0.39, 0.29) is 12.3 Å². The number of halogens is 2. The van der Waals surface area contributed by atoms with Gasteiger partial charge in [0.05, 0.1) is 17.7 Å². The Kier molecular flexibility index (Phi) is 5.48. The van der Waals surface area contributed by atoms with E-state index in [4.69, 9.17) is 9.47 Å². The Hall–Kier alpha value is -2.93. The molecule has 0 saturated heterocycles. The highest BCUT2D eigenvalue weighted by atomic mass is 32.1. The first kappa shape index (κ1) is 17.9. The average Bonchev–Trinajstić information content (AvgIpc) is 3.12. The van der Waals surface area contributed by atoms with Crippen molar-refractivity contribution in [1.82, 2.24) is 0 Å². The van der Waals surface area contributed by atoms with Crippen molar-refractivity contribution in [3.63, 3.8) is 0 Å². The van der Waals surface area contributed by atoms with Crippen molar-refractivity contribution in [2.45, 2.75) is 6.61 Å². The molecule has 0 aliphatic heterocycles. The fourth-order valence-electron chi connectivity index (χ4n) is 2.25. The molecule has 3 aromatic rings. The molecule has 0 spiro atoms. The molecule has 0 unspecified atom stereocenters. The molecule has 26 heavy (non-hydrogen) atoms. The van der Waals surface area contributed by atoms with Gasteiger partial charge in [-0.1, -0.05) is 12.1 Å². The molecule has 0 radical (unpaired) electrons. The van der Waals surface area contributed by atoms with Gasteiger partial charge in [-0.15, -0.1) is 11.3 Å². The van der Waals surface area contributed by atoms with Crippen molar-refractivity contribution in [1.29, 1.82) is 0 Å². The fourth-order valence-corrected chi connectivity index (χ4v) is 3.04. The van der Waals surface area contributed by atoms with Gasteiger partial charge in [-0.2, -0.15) is 0 Å². The number of thiophene rings is 1. The number of amides is 1. The van der Waals surface area contributed by atoms with Gasteiger partial charge in [-0.25, -0.2) is 8.78 Å². The van der Waals surface area contributed by atoms with Crippen LogP contribution in [0.25, 0.3) is 0 Å². The van der Waals surface area contributed by atoms with E-state index < -0.39 is 17.5 Å². The number of carbonyl (C=O) groups is 1. The Bertz CT molecular complexity index is 927.